The molecule has 0 aromatic carbocycles. The summed E-state index contributed by atoms with van der Waals surface area (Å²) in [6.45, 7) is 6.08. The molecule has 0 bridgehead atoms. The Morgan fingerprint density at radius 2 is 2.07 bits per heavy atom. The van der Waals surface area contributed by atoms with E-state index in [0.717, 1.165) is 12.0 Å². The Hall–Kier alpha value is -0.990. The van der Waals surface area contributed by atoms with Crippen LogP contribution in [0.25, 0.3) is 0 Å². The Bertz CT molecular complexity index is 236. The highest BCUT2D eigenvalue weighted by molar-refractivity contribution is 5.59. The standard InChI is InChI=1S/C11H20N2O/c1-11(2,3)10(7-14)13-6-9(12)8-4-5-8/h6-8,10,13H,4-5,12H2,1-3H3/b9-6-/t10-/m1/s1. The number of nitrogens with two attached hydrogens (primary N) is 1. The van der Waals surface area contributed by atoms with Crippen LogP contribution in [0.4, 0.5) is 0 Å². The molecule has 0 aromatic rings. The third-order valence-electron chi connectivity index (χ3n) is 2.55. The van der Waals surface area contributed by atoms with E-state index in [1.165, 1.54) is 12.8 Å². The van der Waals surface area contributed by atoms with Crippen LogP contribution < -0.4 is 11.1 Å². The van der Waals surface area contributed by atoms with Crippen molar-refractivity contribution in [2.75, 3.05) is 0 Å². The fourth-order valence-corrected chi connectivity index (χ4v) is 1.21. The van der Waals surface area contributed by atoms with Gasteiger partial charge in [-0.05, 0) is 24.2 Å². The smallest absolute Gasteiger partial charge is 0.142 e. The van der Waals surface area contributed by atoms with Gasteiger partial charge in [-0.1, -0.05) is 20.8 Å². The lowest BCUT2D eigenvalue weighted by Gasteiger charge is -2.26. The van der Waals surface area contributed by atoms with Crippen LogP contribution in [-0.4, -0.2) is 12.3 Å². The van der Waals surface area contributed by atoms with Gasteiger partial charge in [0.2, 0.25) is 0 Å². The Morgan fingerprint density at radius 3 is 2.43 bits per heavy atom. The van der Waals surface area contributed by atoms with E-state index in [9.17, 15) is 4.79 Å². The highest BCUT2D eigenvalue weighted by Crippen LogP contribution is 2.33. The number of rotatable bonds is 4. The Kier molecular flexibility index (Phi) is 3.19. The van der Waals surface area contributed by atoms with E-state index in [1.807, 2.05) is 20.8 Å². The second-order valence-corrected chi connectivity index (χ2v) is 5.07. The van der Waals surface area contributed by atoms with Gasteiger partial charge in [0.05, 0.1) is 6.04 Å². The van der Waals surface area contributed by atoms with Crippen molar-refractivity contribution in [2.24, 2.45) is 17.1 Å². The number of aldehydes is 1. The first-order valence-electron chi connectivity index (χ1n) is 5.12. The van der Waals surface area contributed by atoms with Crippen molar-refractivity contribution in [1.29, 1.82) is 0 Å². The molecule has 3 heteroatoms. The minimum atomic E-state index is -0.167. The van der Waals surface area contributed by atoms with Crippen molar-refractivity contribution in [3.05, 3.63) is 11.9 Å². The van der Waals surface area contributed by atoms with Crippen LogP contribution >= 0.6 is 0 Å². The number of allylic oxidation sites excluding steroid dienone is 1. The summed E-state index contributed by atoms with van der Waals surface area (Å²) in [6.07, 6.45) is 5.11. The summed E-state index contributed by atoms with van der Waals surface area (Å²) >= 11 is 0. The zero-order chi connectivity index (χ0) is 10.8. The van der Waals surface area contributed by atoms with Gasteiger partial charge in [-0.3, -0.25) is 0 Å². The van der Waals surface area contributed by atoms with Gasteiger partial charge in [0, 0.05) is 11.9 Å². The molecule has 1 atom stereocenters. The summed E-state index contributed by atoms with van der Waals surface area (Å²) in [7, 11) is 0. The molecule has 0 heterocycles. The Morgan fingerprint density at radius 1 is 1.50 bits per heavy atom. The highest BCUT2D eigenvalue weighted by atomic mass is 16.1. The molecule has 14 heavy (non-hydrogen) atoms. The molecule has 3 N–H and O–H groups in total. The minimum Gasteiger partial charge on any atom is -0.401 e. The van der Waals surface area contributed by atoms with E-state index in [-0.39, 0.29) is 11.5 Å². The highest BCUT2D eigenvalue weighted by Gasteiger charge is 2.26. The third kappa shape index (κ3) is 3.05. The lowest BCUT2D eigenvalue weighted by Crippen LogP contribution is -2.39. The van der Waals surface area contributed by atoms with Gasteiger partial charge in [-0.2, -0.15) is 0 Å². The number of carbonyl (C=O) groups is 1. The van der Waals surface area contributed by atoms with Crippen LogP contribution in [0, 0.1) is 11.3 Å². The number of hydrogen-bond acceptors (Lipinski definition) is 3. The SMILES string of the molecule is CC(C)(C)[C@@H](C=O)N/C=C(\N)C1CC1. The van der Waals surface area contributed by atoms with Crippen LogP contribution in [0.5, 0.6) is 0 Å². The molecule has 3 nitrogen and oxygen atoms in total. The maximum Gasteiger partial charge on any atom is 0.142 e. The molecule has 1 aliphatic rings. The molecule has 0 unspecified atom stereocenters. The van der Waals surface area contributed by atoms with Gasteiger partial charge in [0.15, 0.2) is 0 Å². The molecule has 80 valence electrons. The van der Waals surface area contributed by atoms with E-state index in [0.29, 0.717) is 5.92 Å². The summed E-state index contributed by atoms with van der Waals surface area (Å²) in [5, 5.41) is 3.08. The number of nitrogens with one attached hydrogen (secondary N) is 1. The summed E-state index contributed by atoms with van der Waals surface area (Å²) in [5.74, 6) is 0.551. The molecule has 1 saturated carbocycles. The predicted molar refractivity (Wildman–Crippen MR) is 57.4 cm³/mol. The van der Waals surface area contributed by atoms with Crippen molar-refractivity contribution < 1.29 is 4.79 Å². The molecule has 0 aromatic heterocycles. The predicted octanol–water partition coefficient (Wildman–Crippen LogP) is 1.40. The molecular formula is C11H20N2O. The zero-order valence-electron chi connectivity index (χ0n) is 9.21. The van der Waals surface area contributed by atoms with Crippen LogP contribution in [0.1, 0.15) is 33.6 Å². The van der Waals surface area contributed by atoms with E-state index < -0.39 is 0 Å². The molecule has 0 radical (unpaired) electrons. The van der Waals surface area contributed by atoms with Crippen molar-refractivity contribution in [2.45, 2.75) is 39.7 Å². The van der Waals surface area contributed by atoms with E-state index in [2.05, 4.69) is 5.32 Å². The fourth-order valence-electron chi connectivity index (χ4n) is 1.21. The summed E-state index contributed by atoms with van der Waals surface area (Å²) in [4.78, 5) is 10.8. The van der Waals surface area contributed by atoms with Gasteiger partial charge >= 0.3 is 0 Å². The van der Waals surface area contributed by atoms with Gasteiger partial charge < -0.3 is 15.8 Å². The zero-order valence-corrected chi connectivity index (χ0v) is 9.21. The molecule has 1 fully saturated rings. The molecular weight excluding hydrogens is 176 g/mol. The maximum absolute atomic E-state index is 10.8. The lowest BCUT2D eigenvalue weighted by atomic mass is 9.88. The third-order valence-corrected chi connectivity index (χ3v) is 2.55. The second kappa shape index (κ2) is 4.03. The average molecular weight is 196 g/mol. The van der Waals surface area contributed by atoms with Gasteiger partial charge in [-0.15, -0.1) is 0 Å². The number of hydrogen-bond donors (Lipinski definition) is 2. The van der Waals surface area contributed by atoms with Crippen molar-refractivity contribution in [3.63, 3.8) is 0 Å². The fraction of sp³-hybridized carbons (Fsp3) is 0.727. The Labute approximate surface area is 85.7 Å². The van der Waals surface area contributed by atoms with Gasteiger partial charge in [0.25, 0.3) is 0 Å². The maximum atomic E-state index is 10.8. The van der Waals surface area contributed by atoms with Crippen LogP contribution in [0.2, 0.25) is 0 Å². The van der Waals surface area contributed by atoms with Crippen molar-refractivity contribution in [3.8, 4) is 0 Å². The summed E-state index contributed by atoms with van der Waals surface area (Å²) < 4.78 is 0. The first-order valence-corrected chi connectivity index (χ1v) is 5.12. The largest absolute Gasteiger partial charge is 0.401 e. The van der Waals surface area contributed by atoms with E-state index in [4.69, 9.17) is 5.73 Å². The first-order chi connectivity index (χ1) is 6.45. The Balaban J connectivity index is 2.48. The van der Waals surface area contributed by atoms with E-state index in [1.54, 1.807) is 6.20 Å². The quantitative estimate of drug-likeness (QED) is 0.668. The molecule has 0 aliphatic heterocycles. The van der Waals surface area contributed by atoms with Gasteiger partial charge in [-0.25, -0.2) is 0 Å². The average Bonchev–Trinajstić information content (AvgIpc) is 2.84. The van der Waals surface area contributed by atoms with Crippen molar-refractivity contribution in [1.82, 2.24) is 5.32 Å². The van der Waals surface area contributed by atoms with Crippen LogP contribution in [-0.2, 0) is 4.79 Å². The summed E-state index contributed by atoms with van der Waals surface area (Å²) in [6, 6.07) is -0.167. The summed E-state index contributed by atoms with van der Waals surface area (Å²) in [5.41, 5.74) is 6.62. The number of carbonyl (C=O) groups excluding carboxylic acids is 1. The lowest BCUT2D eigenvalue weighted by molar-refractivity contribution is -0.111. The van der Waals surface area contributed by atoms with Crippen LogP contribution in [0.15, 0.2) is 11.9 Å². The first kappa shape index (κ1) is 11.1. The van der Waals surface area contributed by atoms with Gasteiger partial charge in [0.1, 0.15) is 6.29 Å². The molecule has 0 spiro atoms. The topological polar surface area (TPSA) is 55.1 Å². The normalized spacial score (nSPS) is 20.4. The molecule has 1 rings (SSSR count). The van der Waals surface area contributed by atoms with Crippen LogP contribution in [0.3, 0.4) is 0 Å². The van der Waals surface area contributed by atoms with E-state index >= 15 is 0 Å². The minimum absolute atomic E-state index is 0.0674. The molecule has 1 aliphatic carbocycles. The molecule has 0 saturated heterocycles. The van der Waals surface area contributed by atoms with Crippen molar-refractivity contribution >= 4 is 6.29 Å². The second-order valence-electron chi connectivity index (χ2n) is 5.07. The monoisotopic (exact) mass is 196 g/mol. The molecule has 0 amide bonds.